The van der Waals surface area contributed by atoms with E-state index in [1.807, 2.05) is 18.2 Å². The number of hydrogen-bond acceptors (Lipinski definition) is 3. The summed E-state index contributed by atoms with van der Waals surface area (Å²) in [5.74, 6) is 0.0928. The molecule has 0 saturated carbocycles. The molecule has 28 heavy (non-hydrogen) atoms. The van der Waals surface area contributed by atoms with E-state index in [1.165, 1.54) is 10.5 Å². The molecule has 0 spiro atoms. The van der Waals surface area contributed by atoms with Crippen molar-refractivity contribution >= 4 is 11.8 Å². The van der Waals surface area contributed by atoms with Crippen LogP contribution >= 0.6 is 0 Å². The number of imide groups is 1. The van der Waals surface area contributed by atoms with Crippen LogP contribution in [0, 0.1) is 5.92 Å². The van der Waals surface area contributed by atoms with E-state index < -0.39 is 0 Å². The van der Waals surface area contributed by atoms with Crippen molar-refractivity contribution in [1.29, 1.82) is 0 Å². The summed E-state index contributed by atoms with van der Waals surface area (Å²) >= 11 is 0. The van der Waals surface area contributed by atoms with Gasteiger partial charge in [0.1, 0.15) is 0 Å². The number of amides is 2. The van der Waals surface area contributed by atoms with Crippen LogP contribution in [0.2, 0.25) is 0 Å². The number of rotatable bonds is 5. The second-order valence-corrected chi connectivity index (χ2v) is 8.31. The summed E-state index contributed by atoms with van der Waals surface area (Å²) in [6.07, 6.45) is 2.77. The van der Waals surface area contributed by atoms with Crippen molar-refractivity contribution in [2.24, 2.45) is 5.92 Å². The molecule has 4 nitrogen and oxygen atoms in total. The molecule has 1 fully saturated rings. The van der Waals surface area contributed by atoms with E-state index in [4.69, 9.17) is 4.74 Å². The summed E-state index contributed by atoms with van der Waals surface area (Å²) in [7, 11) is 0. The molecule has 2 unspecified atom stereocenters. The molecule has 0 aromatic heterocycles. The van der Waals surface area contributed by atoms with E-state index in [9.17, 15) is 9.59 Å². The first-order valence-electron chi connectivity index (χ1n) is 10.1. The topological polar surface area (TPSA) is 46.6 Å². The van der Waals surface area contributed by atoms with Crippen molar-refractivity contribution in [2.75, 3.05) is 13.2 Å². The third-order valence-electron chi connectivity index (χ3n) is 6.33. The van der Waals surface area contributed by atoms with Gasteiger partial charge in [-0.3, -0.25) is 14.5 Å². The first-order chi connectivity index (χ1) is 13.5. The fraction of sp³-hybridized carbons (Fsp3) is 0.417. The quantitative estimate of drug-likeness (QED) is 0.724. The van der Waals surface area contributed by atoms with Gasteiger partial charge in [0, 0.05) is 18.6 Å². The normalized spacial score (nSPS) is 24.7. The van der Waals surface area contributed by atoms with Gasteiger partial charge in [0.25, 0.3) is 11.8 Å². The van der Waals surface area contributed by atoms with Gasteiger partial charge >= 0.3 is 0 Å². The smallest absolute Gasteiger partial charge is 0.261 e. The average Bonchev–Trinajstić information content (AvgIpc) is 2.98. The van der Waals surface area contributed by atoms with Crippen LogP contribution in [-0.4, -0.2) is 36.0 Å². The minimum atomic E-state index is -0.170. The van der Waals surface area contributed by atoms with Gasteiger partial charge in [-0.05, 0) is 42.9 Å². The highest BCUT2D eigenvalue weighted by molar-refractivity contribution is 6.21. The molecule has 2 atom stereocenters. The van der Waals surface area contributed by atoms with Gasteiger partial charge in [-0.1, -0.05) is 56.3 Å². The predicted octanol–water partition coefficient (Wildman–Crippen LogP) is 4.45. The van der Waals surface area contributed by atoms with Crippen molar-refractivity contribution in [3.05, 3.63) is 71.3 Å². The summed E-state index contributed by atoms with van der Waals surface area (Å²) in [6, 6.07) is 17.6. The van der Waals surface area contributed by atoms with E-state index in [0.29, 0.717) is 30.2 Å². The number of ether oxygens (including phenoxy) is 1. The van der Waals surface area contributed by atoms with E-state index in [2.05, 4.69) is 38.1 Å². The molecule has 2 aromatic rings. The molecule has 146 valence electrons. The molecule has 2 aromatic carbocycles. The maximum absolute atomic E-state index is 12.8. The highest BCUT2D eigenvalue weighted by Crippen LogP contribution is 2.42. The van der Waals surface area contributed by atoms with Crippen LogP contribution in [0.5, 0.6) is 0 Å². The number of nitrogens with zero attached hydrogens (tertiary/aromatic N) is 1. The molecule has 0 N–H and O–H groups in total. The highest BCUT2D eigenvalue weighted by Gasteiger charge is 2.42. The molecule has 2 amide bonds. The van der Waals surface area contributed by atoms with Crippen molar-refractivity contribution in [2.45, 2.75) is 44.6 Å². The second kappa shape index (κ2) is 7.51. The molecule has 2 aliphatic heterocycles. The summed E-state index contributed by atoms with van der Waals surface area (Å²) in [4.78, 5) is 27.0. The van der Waals surface area contributed by atoms with Crippen LogP contribution < -0.4 is 0 Å². The number of fused-ring (bicyclic) bond motifs is 1. The Morgan fingerprint density at radius 3 is 2.21 bits per heavy atom. The zero-order valence-electron chi connectivity index (χ0n) is 16.6. The number of benzene rings is 2. The van der Waals surface area contributed by atoms with Crippen LogP contribution in [0.1, 0.15) is 59.4 Å². The van der Waals surface area contributed by atoms with E-state index in [-0.39, 0.29) is 23.3 Å². The van der Waals surface area contributed by atoms with Crippen molar-refractivity contribution in [1.82, 2.24) is 4.90 Å². The predicted molar refractivity (Wildman–Crippen MR) is 108 cm³/mol. The molecule has 1 saturated heterocycles. The molecular weight excluding hydrogens is 350 g/mol. The van der Waals surface area contributed by atoms with Crippen molar-refractivity contribution in [3.63, 3.8) is 0 Å². The minimum Gasteiger partial charge on any atom is -0.378 e. The lowest BCUT2D eigenvalue weighted by atomic mass is 9.68. The van der Waals surface area contributed by atoms with Gasteiger partial charge < -0.3 is 4.74 Å². The molecule has 4 rings (SSSR count). The molecule has 0 aliphatic carbocycles. The highest BCUT2D eigenvalue weighted by atomic mass is 16.5. The van der Waals surface area contributed by atoms with Crippen molar-refractivity contribution < 1.29 is 14.3 Å². The Bertz CT molecular complexity index is 841. The Hall–Kier alpha value is -2.46. The molecule has 4 heteroatoms. The lowest BCUT2D eigenvalue weighted by Crippen LogP contribution is -2.44. The molecule has 0 radical (unpaired) electrons. The monoisotopic (exact) mass is 377 g/mol. The molecular formula is C24H27NO3. The third kappa shape index (κ3) is 3.26. The Morgan fingerprint density at radius 2 is 1.61 bits per heavy atom. The van der Waals surface area contributed by atoms with E-state index >= 15 is 0 Å². The van der Waals surface area contributed by atoms with Crippen LogP contribution in [0.4, 0.5) is 0 Å². The van der Waals surface area contributed by atoms with Crippen LogP contribution in [0.3, 0.4) is 0 Å². The fourth-order valence-corrected chi connectivity index (χ4v) is 4.57. The van der Waals surface area contributed by atoms with E-state index in [0.717, 1.165) is 19.3 Å². The van der Waals surface area contributed by atoms with Crippen molar-refractivity contribution in [3.8, 4) is 0 Å². The number of carbonyl (C=O) groups is 2. The fourth-order valence-electron chi connectivity index (χ4n) is 4.57. The summed E-state index contributed by atoms with van der Waals surface area (Å²) in [5, 5.41) is 0. The van der Waals surface area contributed by atoms with Gasteiger partial charge in [0.2, 0.25) is 0 Å². The number of hydrogen-bond donors (Lipinski definition) is 0. The number of carbonyl (C=O) groups excluding carboxylic acids is 2. The van der Waals surface area contributed by atoms with Gasteiger partial charge in [0.15, 0.2) is 0 Å². The Labute approximate surface area is 166 Å². The van der Waals surface area contributed by atoms with Gasteiger partial charge in [-0.15, -0.1) is 0 Å². The van der Waals surface area contributed by atoms with Gasteiger partial charge in [-0.2, -0.15) is 0 Å². The summed E-state index contributed by atoms with van der Waals surface area (Å²) in [5.41, 5.74) is 2.24. The minimum absolute atomic E-state index is 0.0796. The van der Waals surface area contributed by atoms with Crippen LogP contribution in [0.15, 0.2) is 54.6 Å². The summed E-state index contributed by atoms with van der Waals surface area (Å²) < 4.78 is 6.03. The first-order valence-corrected chi connectivity index (χ1v) is 10.1. The Kier molecular flexibility index (Phi) is 5.07. The zero-order chi connectivity index (χ0) is 19.7. The summed E-state index contributed by atoms with van der Waals surface area (Å²) in [6.45, 7) is 5.53. The van der Waals surface area contributed by atoms with Crippen LogP contribution in [0.25, 0.3) is 0 Å². The SMILES string of the molecule is CC(C)C1CC(CCN2C(=O)c3ccccc3C2=O)(c2ccccc2)CCO1. The molecule has 0 bridgehead atoms. The lowest BCUT2D eigenvalue weighted by molar-refractivity contribution is -0.0478. The van der Waals surface area contributed by atoms with Crippen LogP contribution in [-0.2, 0) is 10.2 Å². The molecule has 2 heterocycles. The average molecular weight is 377 g/mol. The molecule has 2 aliphatic rings. The third-order valence-corrected chi connectivity index (χ3v) is 6.33. The maximum Gasteiger partial charge on any atom is 0.261 e. The first kappa shape index (κ1) is 18.9. The second-order valence-electron chi connectivity index (χ2n) is 8.31. The standard InChI is InChI=1S/C24H27NO3/c1-17(2)21-16-24(13-15-28-21,18-8-4-3-5-9-18)12-14-25-22(26)19-10-6-7-11-20(19)23(25)27/h3-11,17,21H,12-16H2,1-2H3. The van der Waals surface area contributed by atoms with Gasteiger partial charge in [0.05, 0.1) is 17.2 Å². The van der Waals surface area contributed by atoms with Gasteiger partial charge in [-0.25, -0.2) is 0 Å². The Balaban J connectivity index is 1.59. The maximum atomic E-state index is 12.8. The zero-order valence-corrected chi connectivity index (χ0v) is 16.6. The Morgan fingerprint density at radius 1 is 1.00 bits per heavy atom. The van der Waals surface area contributed by atoms with E-state index in [1.54, 1.807) is 12.1 Å². The largest absolute Gasteiger partial charge is 0.378 e. The lowest BCUT2D eigenvalue weighted by Gasteiger charge is -2.43.